The molecule has 11 N–H and O–H groups in total. The number of likely N-dealkylation sites (tertiary alicyclic amines) is 1. The van der Waals surface area contributed by atoms with E-state index in [0.717, 1.165) is 27.0 Å². The van der Waals surface area contributed by atoms with Crippen LogP contribution in [-0.4, -0.2) is 189 Å². The van der Waals surface area contributed by atoms with Gasteiger partial charge in [0.1, 0.15) is 30.5 Å². The van der Waals surface area contributed by atoms with Crippen LogP contribution in [0.5, 0.6) is 0 Å². The minimum atomic E-state index is -4.19. The van der Waals surface area contributed by atoms with Gasteiger partial charge >= 0.3 is 42.0 Å². The summed E-state index contributed by atoms with van der Waals surface area (Å²) in [6.07, 6.45) is 0.625. The molecule has 33 nitrogen and oxygen atoms in total. The number of hydrogen-bond donors (Lipinski definition) is 11. The standard InChI is InChI=1S/C76H92FN13O20S/c1-8-25-78-73(101)82-47-14-11-16-49(35-47)111(104,105)87-48-15-10-13-44(34-48)55(38-62(92)93)85-75(103)81-46-20-18-45(19-21-46)80-74(102)79-26-29-107-31-33-108-32-30-106-28-24-61(91)83-57(39-63(94)95)70(98)89-27-12-17-59(89)68(96)86-66(42(3)4)71(99)110-76(9-2)53-36-60-67-51(40-90(60)69(97)52(53)41-109-72(76)100)65-58(88(6)7)23-22-50-43(5)54(77)37-56(84-67)64(50)65/h10-11,13-16,18-21,34-37,42,55,57-59,66,87H,8-9,12,17,22-33,38-41H2,1-7H3,(H,83,91)(H,86,96)(H,92,93)(H,94,95)(H2,78,82,101)(H2,79,80,102)(H2,81,85,103)/t55-,57+,58+,59+,66+,76+/m1/s1. The molecule has 2 aromatic heterocycles. The maximum absolute atomic E-state index is 15.5. The number of benzene rings is 4. The quantitative estimate of drug-likeness (QED) is 0.0146. The molecule has 0 saturated carbocycles. The van der Waals surface area contributed by atoms with Crippen LogP contribution in [-0.2, 0) is 92.4 Å². The molecule has 5 heterocycles. The van der Waals surface area contributed by atoms with E-state index in [2.05, 4.69) is 52.2 Å². The number of pyridine rings is 2. The Kier molecular flexibility index (Phi) is 27.1. The lowest BCUT2D eigenvalue weighted by Crippen LogP contribution is -2.57. The van der Waals surface area contributed by atoms with Crippen molar-refractivity contribution in [2.45, 2.75) is 146 Å². The number of halogens is 1. The van der Waals surface area contributed by atoms with Crippen molar-refractivity contribution in [3.8, 4) is 11.4 Å². The molecule has 9 amide bonds. The SMILES string of the molecule is CCCNC(=O)Nc1cccc(S(=O)(=O)Nc2cccc([C@@H](CC(=O)O)NC(=O)Nc3ccc(NC(=O)NCCOCCOCCOCCC(=O)N[C@@H](CC(=O)O)C(=O)N4CCC[C@H]4C(=O)N[C@H](C(=O)O[C@]4(CC)C(=O)OCc5c4cc4n(c5=O)Cc5c-4nc4cc(F)c(C)c6c4c5[C@@H](N(C)C)CC6)C(C)C)cc3)c2)c1. The second kappa shape index (κ2) is 36.6. The van der Waals surface area contributed by atoms with Crippen molar-refractivity contribution in [3.05, 3.63) is 140 Å². The molecule has 0 spiro atoms. The average molecular weight is 1560 g/mol. The van der Waals surface area contributed by atoms with E-state index in [0.29, 0.717) is 60.4 Å². The molecule has 35 heteroatoms. The lowest BCUT2D eigenvalue weighted by Gasteiger charge is -2.37. The molecule has 594 valence electrons. The van der Waals surface area contributed by atoms with Crippen molar-refractivity contribution in [1.29, 1.82) is 0 Å². The topological polar surface area (TPSA) is 441 Å². The summed E-state index contributed by atoms with van der Waals surface area (Å²) in [5.74, 6) is -8.06. The highest BCUT2D eigenvalue weighted by molar-refractivity contribution is 7.92. The summed E-state index contributed by atoms with van der Waals surface area (Å²) >= 11 is 0. The molecule has 1 aliphatic carbocycles. The number of fused-ring (bicyclic) bond motifs is 5. The zero-order chi connectivity index (χ0) is 80.0. The average Bonchev–Trinajstić information content (AvgIpc) is 1.60. The summed E-state index contributed by atoms with van der Waals surface area (Å²) in [7, 11) is -0.268. The summed E-state index contributed by atoms with van der Waals surface area (Å²) in [4.78, 5) is 155. The Morgan fingerprint density at radius 2 is 1.39 bits per heavy atom. The number of ether oxygens (including phenoxy) is 5. The second-order valence-electron chi connectivity index (χ2n) is 27.8. The van der Waals surface area contributed by atoms with Gasteiger partial charge in [-0.15, -0.1) is 0 Å². The van der Waals surface area contributed by atoms with Gasteiger partial charge < -0.3 is 90.8 Å². The zero-order valence-corrected chi connectivity index (χ0v) is 63.3. The van der Waals surface area contributed by atoms with Crippen LogP contribution < -0.4 is 52.8 Å². The van der Waals surface area contributed by atoms with Crippen LogP contribution in [0.25, 0.3) is 22.3 Å². The highest BCUT2D eigenvalue weighted by atomic mass is 32.2. The molecule has 1 saturated heterocycles. The second-order valence-corrected chi connectivity index (χ2v) is 29.5. The minimum Gasteiger partial charge on any atom is -0.481 e. The van der Waals surface area contributed by atoms with E-state index in [4.69, 9.17) is 28.7 Å². The number of urea groups is 3. The molecule has 0 bridgehead atoms. The van der Waals surface area contributed by atoms with Gasteiger partial charge in [0.15, 0.2) is 0 Å². The predicted molar refractivity (Wildman–Crippen MR) is 402 cm³/mol. The highest BCUT2D eigenvalue weighted by Crippen LogP contribution is 2.48. The lowest BCUT2D eigenvalue weighted by molar-refractivity contribution is -0.191. The number of amides is 9. The number of sulfonamides is 1. The van der Waals surface area contributed by atoms with Gasteiger partial charge in [0, 0.05) is 77.4 Å². The van der Waals surface area contributed by atoms with Gasteiger partial charge in [-0.05, 0) is 148 Å². The zero-order valence-electron chi connectivity index (χ0n) is 62.5. The van der Waals surface area contributed by atoms with Gasteiger partial charge in [0.2, 0.25) is 23.3 Å². The maximum Gasteiger partial charge on any atom is 0.355 e. The van der Waals surface area contributed by atoms with Gasteiger partial charge in [-0.3, -0.25) is 33.5 Å². The Labute approximate surface area is 638 Å². The van der Waals surface area contributed by atoms with E-state index in [-0.39, 0.29) is 123 Å². The number of carbonyl (C=O) groups is 10. The van der Waals surface area contributed by atoms with E-state index in [1.807, 2.05) is 21.0 Å². The van der Waals surface area contributed by atoms with E-state index in [1.165, 1.54) is 78.9 Å². The molecule has 4 aliphatic rings. The van der Waals surface area contributed by atoms with Gasteiger partial charge in [-0.2, -0.15) is 0 Å². The van der Waals surface area contributed by atoms with E-state index in [9.17, 15) is 71.4 Å². The molecule has 6 aromatic rings. The molecule has 0 radical (unpaired) electrons. The molecular formula is C76H92FN13O20S. The number of nitrogens with zero attached hydrogens (tertiary/aromatic N) is 4. The highest BCUT2D eigenvalue weighted by Gasteiger charge is 2.52. The van der Waals surface area contributed by atoms with Crippen molar-refractivity contribution >= 4 is 103 Å². The van der Waals surface area contributed by atoms with Crippen molar-refractivity contribution in [3.63, 3.8) is 0 Å². The number of aliphatic carboxylic acids is 2. The Hall–Kier alpha value is -11.1. The summed E-state index contributed by atoms with van der Waals surface area (Å²) < 4.78 is 74.7. The van der Waals surface area contributed by atoms with Crippen LogP contribution in [0.15, 0.2) is 94.6 Å². The number of carboxylic acids is 2. The Morgan fingerprint density at radius 3 is 2.05 bits per heavy atom. The Morgan fingerprint density at radius 1 is 0.739 bits per heavy atom. The van der Waals surface area contributed by atoms with Gasteiger partial charge in [0.25, 0.3) is 15.6 Å². The minimum absolute atomic E-state index is 0.0142. The normalized spacial score (nSPS) is 16.9. The number of aromatic nitrogens is 2. The maximum atomic E-state index is 15.5. The number of aryl methyl sites for hydroxylation is 1. The fourth-order valence-electron chi connectivity index (χ4n) is 14.0. The predicted octanol–water partition coefficient (Wildman–Crippen LogP) is 6.65. The van der Waals surface area contributed by atoms with Gasteiger partial charge in [-0.25, -0.2) is 41.8 Å². The molecule has 0 unspecified atom stereocenters. The number of carbonyl (C=O) groups excluding carboxylic acids is 8. The number of carboxylic acid groups (broad SMARTS) is 2. The van der Waals surface area contributed by atoms with Crippen molar-refractivity contribution in [2.24, 2.45) is 5.92 Å². The largest absolute Gasteiger partial charge is 0.481 e. The smallest absolute Gasteiger partial charge is 0.355 e. The number of cyclic esters (lactones) is 1. The van der Waals surface area contributed by atoms with Crippen molar-refractivity contribution in [2.75, 3.05) is 94.0 Å². The molecular weight excluding hydrogens is 1470 g/mol. The third-order valence-electron chi connectivity index (χ3n) is 19.6. The van der Waals surface area contributed by atoms with Crippen LogP contribution in [0, 0.1) is 18.7 Å². The molecule has 10 rings (SSSR count). The van der Waals surface area contributed by atoms with Crippen LogP contribution in [0.4, 0.5) is 41.5 Å². The summed E-state index contributed by atoms with van der Waals surface area (Å²) in [6, 6.07) is 13.2. The molecule has 1 fully saturated rings. The van der Waals surface area contributed by atoms with Crippen molar-refractivity contribution < 1.29 is 94.7 Å². The number of esters is 2. The van der Waals surface area contributed by atoms with E-state index < -0.39 is 136 Å². The summed E-state index contributed by atoms with van der Waals surface area (Å²) in [6.45, 7) is 9.20. The number of hydrogen-bond acceptors (Lipinski definition) is 20. The first kappa shape index (κ1) is 82.4. The fourth-order valence-corrected chi connectivity index (χ4v) is 15.1. The fraction of sp³-hybridized carbons (Fsp3) is 0.447. The van der Waals surface area contributed by atoms with Gasteiger partial charge in [0.05, 0.1) is 92.4 Å². The molecule has 3 aliphatic heterocycles. The molecule has 4 aromatic carbocycles. The van der Waals surface area contributed by atoms with E-state index in [1.54, 1.807) is 38.3 Å². The third-order valence-corrected chi connectivity index (χ3v) is 21.0. The molecule has 111 heavy (non-hydrogen) atoms. The number of nitrogens with one attached hydrogen (secondary N) is 9. The van der Waals surface area contributed by atoms with Crippen LogP contribution in [0.2, 0.25) is 0 Å². The lowest BCUT2D eigenvalue weighted by atomic mass is 9.81. The Balaban J connectivity index is 0.626. The number of anilines is 4. The Bertz CT molecular complexity index is 4730. The summed E-state index contributed by atoms with van der Waals surface area (Å²) in [5, 5.41) is 41.3. The molecule has 6 atom stereocenters. The van der Waals surface area contributed by atoms with Gasteiger partial charge in [-0.1, -0.05) is 45.9 Å². The van der Waals surface area contributed by atoms with E-state index >= 15 is 4.39 Å². The van der Waals surface area contributed by atoms with Crippen LogP contribution in [0.1, 0.15) is 130 Å². The first-order valence-electron chi connectivity index (χ1n) is 36.6. The first-order valence-corrected chi connectivity index (χ1v) is 38.0. The summed E-state index contributed by atoms with van der Waals surface area (Å²) in [5.41, 5.74) is 3.10. The van der Waals surface area contributed by atoms with Crippen LogP contribution in [0.3, 0.4) is 0 Å². The monoisotopic (exact) mass is 1560 g/mol. The van der Waals surface area contributed by atoms with Crippen LogP contribution >= 0.6 is 0 Å². The number of rotatable bonds is 35. The third kappa shape index (κ3) is 19.7. The van der Waals surface area contributed by atoms with Crippen molar-refractivity contribution in [1.82, 2.24) is 45.9 Å². The first-order chi connectivity index (χ1) is 53.0.